The lowest BCUT2D eigenvalue weighted by atomic mass is 10.2. The first-order valence-electron chi connectivity index (χ1n) is 10.6. The molecule has 0 saturated heterocycles. The van der Waals surface area contributed by atoms with Gasteiger partial charge in [-0.05, 0) is 38.5 Å². The maximum Gasteiger partial charge on any atom is 0.192 e. The van der Waals surface area contributed by atoms with Crippen LogP contribution in [0.4, 0.5) is 0 Å². The van der Waals surface area contributed by atoms with E-state index in [-0.39, 0.29) is 6.10 Å². The van der Waals surface area contributed by atoms with Gasteiger partial charge in [0.1, 0.15) is 10.8 Å². The number of thiazole rings is 1. The number of halogens is 1. The number of nitrogens with zero attached hydrogens (tertiary/aromatic N) is 4. The molecule has 0 radical (unpaired) electrons. The van der Waals surface area contributed by atoms with Crippen LogP contribution in [0, 0.1) is 13.8 Å². The highest BCUT2D eigenvalue weighted by molar-refractivity contribution is 7.98. The summed E-state index contributed by atoms with van der Waals surface area (Å²) in [5, 5.41) is 13.3. The molecule has 33 heavy (non-hydrogen) atoms. The number of thioether (sulfide) groups is 1. The lowest BCUT2D eigenvalue weighted by Gasteiger charge is -2.17. The van der Waals surface area contributed by atoms with Crippen LogP contribution >= 0.6 is 34.7 Å². The van der Waals surface area contributed by atoms with Crippen molar-refractivity contribution in [2.24, 2.45) is 0 Å². The molecule has 1 unspecified atom stereocenters. The molecule has 0 amide bonds. The highest BCUT2D eigenvalue weighted by Gasteiger charge is 2.20. The molecule has 2 aromatic heterocycles. The second-order valence-corrected chi connectivity index (χ2v) is 9.94. The lowest BCUT2D eigenvalue weighted by Crippen LogP contribution is -2.12. The van der Waals surface area contributed by atoms with E-state index >= 15 is 0 Å². The van der Waals surface area contributed by atoms with E-state index < -0.39 is 0 Å². The average molecular weight is 497 g/mol. The number of aromatic nitrogens is 4. The zero-order chi connectivity index (χ0) is 23.4. The van der Waals surface area contributed by atoms with Crippen molar-refractivity contribution in [3.8, 4) is 16.3 Å². The molecule has 8 heteroatoms. The van der Waals surface area contributed by atoms with Gasteiger partial charge in [-0.25, -0.2) is 4.98 Å². The smallest absolute Gasteiger partial charge is 0.192 e. The molecule has 4 rings (SSSR count). The van der Waals surface area contributed by atoms with Crippen molar-refractivity contribution in [2.75, 3.05) is 0 Å². The highest BCUT2D eigenvalue weighted by atomic mass is 35.5. The fraction of sp³-hybridized carbons (Fsp3) is 0.240. The van der Waals surface area contributed by atoms with E-state index in [0.29, 0.717) is 23.1 Å². The number of hydrogen-bond donors (Lipinski definition) is 0. The molecular formula is C25H25ClN4OS2. The minimum absolute atomic E-state index is 0.321. The van der Waals surface area contributed by atoms with Gasteiger partial charge in [-0.2, -0.15) is 0 Å². The Morgan fingerprint density at radius 2 is 1.91 bits per heavy atom. The van der Waals surface area contributed by atoms with E-state index in [9.17, 15) is 0 Å². The van der Waals surface area contributed by atoms with Crippen LogP contribution in [-0.4, -0.2) is 19.7 Å². The number of ether oxygens (including phenoxy) is 1. The van der Waals surface area contributed by atoms with Crippen molar-refractivity contribution in [3.63, 3.8) is 0 Å². The normalized spacial score (nSPS) is 12.0. The Kier molecular flexibility index (Phi) is 7.53. The van der Waals surface area contributed by atoms with Crippen molar-refractivity contribution in [3.05, 3.63) is 88.2 Å². The first kappa shape index (κ1) is 23.5. The minimum atomic E-state index is -0.321. The zero-order valence-corrected chi connectivity index (χ0v) is 21.2. The Bertz CT molecular complexity index is 1250. The second kappa shape index (κ2) is 10.5. The van der Waals surface area contributed by atoms with Crippen LogP contribution in [0.25, 0.3) is 10.6 Å². The van der Waals surface area contributed by atoms with Gasteiger partial charge in [0.15, 0.2) is 17.1 Å². The summed E-state index contributed by atoms with van der Waals surface area (Å²) in [5.74, 6) is 2.07. The molecule has 1 atom stereocenters. The van der Waals surface area contributed by atoms with Gasteiger partial charge < -0.3 is 4.74 Å². The Balaban J connectivity index is 1.48. The summed E-state index contributed by atoms with van der Waals surface area (Å²) in [6, 6.07) is 14.2. The van der Waals surface area contributed by atoms with Gasteiger partial charge in [-0.3, -0.25) is 4.57 Å². The number of benzene rings is 2. The lowest BCUT2D eigenvalue weighted by molar-refractivity contribution is 0.210. The van der Waals surface area contributed by atoms with E-state index in [1.807, 2.05) is 42.7 Å². The molecule has 0 spiro atoms. The molecule has 4 aromatic rings. The topological polar surface area (TPSA) is 52.8 Å². The Hall–Kier alpha value is -2.61. The molecule has 2 heterocycles. The molecular weight excluding hydrogens is 472 g/mol. The van der Waals surface area contributed by atoms with Crippen molar-refractivity contribution in [1.29, 1.82) is 0 Å². The summed E-state index contributed by atoms with van der Waals surface area (Å²) < 4.78 is 8.15. The number of allylic oxidation sites excluding steroid dienone is 1. The number of aryl methyl sites for hydroxylation is 2. The van der Waals surface area contributed by atoms with Crippen LogP contribution < -0.4 is 4.74 Å². The van der Waals surface area contributed by atoms with Gasteiger partial charge in [0.05, 0.1) is 10.7 Å². The van der Waals surface area contributed by atoms with Gasteiger partial charge in [0.2, 0.25) is 0 Å². The van der Waals surface area contributed by atoms with E-state index in [2.05, 4.69) is 53.3 Å². The van der Waals surface area contributed by atoms with Crippen LogP contribution in [0.5, 0.6) is 5.75 Å². The highest BCUT2D eigenvalue weighted by Crippen LogP contribution is 2.32. The predicted octanol–water partition coefficient (Wildman–Crippen LogP) is 7.29. The fourth-order valence-corrected chi connectivity index (χ4v) is 5.23. The third-order valence-electron chi connectivity index (χ3n) is 5.01. The minimum Gasteiger partial charge on any atom is -0.481 e. The van der Waals surface area contributed by atoms with Crippen LogP contribution in [0.15, 0.2) is 65.7 Å². The van der Waals surface area contributed by atoms with Crippen molar-refractivity contribution in [2.45, 2.75) is 44.3 Å². The summed E-state index contributed by atoms with van der Waals surface area (Å²) in [6.07, 6.45) is 1.51. The predicted molar refractivity (Wildman–Crippen MR) is 137 cm³/mol. The van der Waals surface area contributed by atoms with Crippen LogP contribution in [-0.2, 0) is 12.3 Å². The van der Waals surface area contributed by atoms with Gasteiger partial charge in [-0.1, -0.05) is 65.3 Å². The largest absolute Gasteiger partial charge is 0.481 e. The Morgan fingerprint density at radius 3 is 2.67 bits per heavy atom. The molecule has 2 aromatic carbocycles. The van der Waals surface area contributed by atoms with Crippen LogP contribution in [0.2, 0.25) is 5.02 Å². The average Bonchev–Trinajstić information content (AvgIpc) is 3.43. The monoisotopic (exact) mass is 496 g/mol. The molecule has 170 valence electrons. The van der Waals surface area contributed by atoms with Crippen molar-refractivity contribution in [1.82, 2.24) is 19.7 Å². The Labute approximate surface area is 207 Å². The zero-order valence-electron chi connectivity index (χ0n) is 18.8. The SMILES string of the molecule is C=CCn1c(SCc2csc(-c3ccc(C)cc3)n2)nnc1C(C)Oc1cc(C)ccc1Cl. The molecule has 0 bridgehead atoms. The van der Waals surface area contributed by atoms with Gasteiger partial charge in [0.25, 0.3) is 0 Å². The van der Waals surface area contributed by atoms with E-state index in [1.54, 1.807) is 23.1 Å². The standard InChI is InChI=1S/C25H25ClN4OS2/c1-5-12-30-23(18(4)31-22-13-17(3)8-11-21(22)26)28-29-25(30)33-15-20-14-32-24(27-20)19-9-6-16(2)7-10-19/h5-11,13-14,18H,1,12,15H2,2-4H3. The van der Waals surface area contributed by atoms with Crippen LogP contribution in [0.3, 0.4) is 0 Å². The van der Waals surface area contributed by atoms with E-state index in [1.165, 1.54) is 5.56 Å². The molecule has 0 saturated carbocycles. The van der Waals surface area contributed by atoms with E-state index in [4.69, 9.17) is 21.3 Å². The van der Waals surface area contributed by atoms with Gasteiger partial charge >= 0.3 is 0 Å². The third kappa shape index (κ3) is 5.66. The molecule has 0 aliphatic carbocycles. The summed E-state index contributed by atoms with van der Waals surface area (Å²) >= 11 is 9.57. The van der Waals surface area contributed by atoms with Gasteiger partial charge in [0, 0.05) is 23.2 Å². The second-order valence-electron chi connectivity index (χ2n) is 7.73. The first-order chi connectivity index (χ1) is 15.9. The maximum atomic E-state index is 6.31. The van der Waals surface area contributed by atoms with Crippen molar-refractivity contribution >= 4 is 34.7 Å². The molecule has 5 nitrogen and oxygen atoms in total. The molecule has 0 N–H and O–H groups in total. The summed E-state index contributed by atoms with van der Waals surface area (Å²) in [4.78, 5) is 4.80. The summed E-state index contributed by atoms with van der Waals surface area (Å²) in [7, 11) is 0. The summed E-state index contributed by atoms with van der Waals surface area (Å²) in [5.41, 5.74) is 4.48. The quantitative estimate of drug-likeness (QED) is 0.180. The third-order valence-corrected chi connectivity index (χ3v) is 7.26. The van der Waals surface area contributed by atoms with E-state index in [0.717, 1.165) is 32.8 Å². The number of hydrogen-bond acceptors (Lipinski definition) is 6. The maximum absolute atomic E-state index is 6.31. The number of rotatable bonds is 9. The first-order valence-corrected chi connectivity index (χ1v) is 12.8. The summed E-state index contributed by atoms with van der Waals surface area (Å²) in [6.45, 7) is 10.5. The van der Waals surface area contributed by atoms with Crippen molar-refractivity contribution < 1.29 is 4.74 Å². The molecule has 0 aliphatic heterocycles. The molecule has 0 aliphatic rings. The molecule has 0 fully saturated rings. The van der Waals surface area contributed by atoms with Gasteiger partial charge in [-0.15, -0.1) is 28.1 Å². The van der Waals surface area contributed by atoms with Crippen LogP contribution in [0.1, 0.15) is 35.7 Å². The Morgan fingerprint density at radius 1 is 1.15 bits per heavy atom. The fourth-order valence-electron chi connectivity index (χ4n) is 3.29.